The molecule has 1 aromatic heterocycles. The third-order valence-electron chi connectivity index (χ3n) is 3.22. The van der Waals surface area contributed by atoms with E-state index in [1.165, 1.54) is 16.3 Å². The molecule has 0 aliphatic carbocycles. The fourth-order valence-corrected chi connectivity index (χ4v) is 3.55. The summed E-state index contributed by atoms with van der Waals surface area (Å²) in [5, 5.41) is 6.44. The summed E-state index contributed by atoms with van der Waals surface area (Å²) in [6, 6.07) is 7.30. The lowest BCUT2D eigenvalue weighted by Gasteiger charge is -2.33. The SMILES string of the molecule is CCO[C@@]1(c2ccc(Cl)cc2)SC=C(C)n2c1noc2=O. The highest BCUT2D eigenvalue weighted by atomic mass is 35.5. The molecule has 110 valence electrons. The Morgan fingerprint density at radius 1 is 1.43 bits per heavy atom. The molecular formula is C14H13ClN2O3S. The Labute approximate surface area is 130 Å². The quantitative estimate of drug-likeness (QED) is 0.867. The largest absolute Gasteiger partial charge is 0.446 e. The number of hydrogen-bond acceptors (Lipinski definition) is 5. The molecule has 2 heterocycles. The van der Waals surface area contributed by atoms with Crippen LogP contribution in [0, 0.1) is 0 Å². The molecule has 0 spiro atoms. The highest BCUT2D eigenvalue weighted by Gasteiger charge is 2.44. The zero-order valence-corrected chi connectivity index (χ0v) is 13.1. The van der Waals surface area contributed by atoms with Gasteiger partial charge in [-0.15, -0.1) is 0 Å². The molecule has 7 heteroatoms. The minimum Gasteiger partial charge on any atom is -0.353 e. The Morgan fingerprint density at radius 3 is 2.81 bits per heavy atom. The van der Waals surface area contributed by atoms with Gasteiger partial charge in [-0.25, -0.2) is 9.36 Å². The zero-order valence-electron chi connectivity index (χ0n) is 11.5. The van der Waals surface area contributed by atoms with Gasteiger partial charge in [0.1, 0.15) is 0 Å². The van der Waals surface area contributed by atoms with Gasteiger partial charge in [0.2, 0.25) is 10.8 Å². The van der Waals surface area contributed by atoms with E-state index >= 15 is 0 Å². The summed E-state index contributed by atoms with van der Waals surface area (Å²) >= 11 is 7.40. The van der Waals surface area contributed by atoms with E-state index in [1.807, 2.05) is 31.4 Å². The van der Waals surface area contributed by atoms with Crippen molar-refractivity contribution in [2.24, 2.45) is 0 Å². The number of benzene rings is 1. The van der Waals surface area contributed by atoms with E-state index in [-0.39, 0.29) is 0 Å². The van der Waals surface area contributed by atoms with E-state index in [0.717, 1.165) is 11.3 Å². The molecule has 0 radical (unpaired) electrons. The molecule has 1 aliphatic rings. The Kier molecular flexibility index (Phi) is 3.69. The van der Waals surface area contributed by atoms with Crippen molar-refractivity contribution in [1.29, 1.82) is 0 Å². The van der Waals surface area contributed by atoms with Gasteiger partial charge in [-0.3, -0.25) is 4.52 Å². The molecular weight excluding hydrogens is 312 g/mol. The normalized spacial score (nSPS) is 21.0. The van der Waals surface area contributed by atoms with Crippen molar-refractivity contribution in [2.45, 2.75) is 18.8 Å². The maximum atomic E-state index is 11.9. The van der Waals surface area contributed by atoms with Crippen LogP contribution in [-0.2, 0) is 9.67 Å². The second-order valence-electron chi connectivity index (χ2n) is 4.54. The molecule has 1 aromatic carbocycles. The van der Waals surface area contributed by atoms with E-state index < -0.39 is 10.7 Å². The van der Waals surface area contributed by atoms with Gasteiger partial charge in [-0.1, -0.05) is 40.7 Å². The predicted molar refractivity (Wildman–Crippen MR) is 82.2 cm³/mol. The molecule has 0 bridgehead atoms. The third-order valence-corrected chi connectivity index (χ3v) is 4.80. The van der Waals surface area contributed by atoms with Crippen LogP contribution in [0.4, 0.5) is 0 Å². The van der Waals surface area contributed by atoms with Gasteiger partial charge in [0.15, 0.2) is 0 Å². The number of rotatable bonds is 3. The summed E-state index contributed by atoms with van der Waals surface area (Å²) in [7, 11) is 0. The molecule has 0 saturated carbocycles. The number of thioether (sulfide) groups is 1. The van der Waals surface area contributed by atoms with Gasteiger partial charge in [-0.05, 0) is 31.4 Å². The second-order valence-corrected chi connectivity index (χ2v) is 6.02. The summed E-state index contributed by atoms with van der Waals surface area (Å²) in [4.78, 5) is 10.9. The first-order valence-corrected chi connectivity index (χ1v) is 7.68. The number of halogens is 1. The lowest BCUT2D eigenvalue weighted by molar-refractivity contribution is 0.0531. The van der Waals surface area contributed by atoms with Crippen LogP contribution in [0.1, 0.15) is 25.2 Å². The topological polar surface area (TPSA) is 57.3 Å². The van der Waals surface area contributed by atoms with Crippen LogP contribution in [0.5, 0.6) is 0 Å². The number of nitrogens with zero attached hydrogens (tertiary/aromatic N) is 2. The smallest absolute Gasteiger partial charge is 0.353 e. The van der Waals surface area contributed by atoms with Gasteiger partial charge in [-0.2, -0.15) is 0 Å². The van der Waals surface area contributed by atoms with Crippen molar-refractivity contribution in [3.05, 3.63) is 56.6 Å². The maximum Gasteiger partial charge on any atom is 0.446 e. The van der Waals surface area contributed by atoms with Crippen LogP contribution in [-0.4, -0.2) is 16.3 Å². The fourth-order valence-electron chi connectivity index (χ4n) is 2.29. The Hall–Kier alpha value is -1.50. The lowest BCUT2D eigenvalue weighted by Crippen LogP contribution is -2.35. The minimum absolute atomic E-state index is 0.432. The number of ether oxygens (including phenoxy) is 1. The van der Waals surface area contributed by atoms with Crippen molar-refractivity contribution >= 4 is 29.1 Å². The van der Waals surface area contributed by atoms with Crippen molar-refractivity contribution in [3.8, 4) is 0 Å². The van der Waals surface area contributed by atoms with Gasteiger partial charge in [0, 0.05) is 22.9 Å². The highest BCUT2D eigenvalue weighted by Crippen LogP contribution is 2.47. The van der Waals surface area contributed by atoms with Crippen molar-refractivity contribution in [3.63, 3.8) is 0 Å². The maximum absolute atomic E-state index is 11.9. The summed E-state index contributed by atoms with van der Waals surface area (Å²) in [6.07, 6.45) is 0. The molecule has 0 saturated heterocycles. The Bertz CT molecular complexity index is 750. The third kappa shape index (κ3) is 2.23. The first-order valence-electron chi connectivity index (χ1n) is 6.42. The van der Waals surface area contributed by atoms with E-state index in [2.05, 4.69) is 5.16 Å². The second kappa shape index (κ2) is 5.36. The fraction of sp³-hybridized carbons (Fsp3) is 0.286. The van der Waals surface area contributed by atoms with E-state index in [1.54, 1.807) is 12.1 Å². The van der Waals surface area contributed by atoms with Gasteiger partial charge < -0.3 is 4.74 Å². The van der Waals surface area contributed by atoms with Crippen LogP contribution >= 0.6 is 23.4 Å². The van der Waals surface area contributed by atoms with Crippen molar-refractivity contribution in [2.75, 3.05) is 6.61 Å². The first kappa shape index (κ1) is 14.4. The average Bonchev–Trinajstić information content (AvgIpc) is 2.87. The van der Waals surface area contributed by atoms with E-state index in [4.69, 9.17) is 20.9 Å². The molecule has 0 amide bonds. The number of allylic oxidation sites excluding steroid dienone is 1. The molecule has 5 nitrogen and oxygen atoms in total. The highest BCUT2D eigenvalue weighted by molar-refractivity contribution is 8.03. The van der Waals surface area contributed by atoms with Crippen molar-refractivity contribution in [1.82, 2.24) is 9.72 Å². The Morgan fingerprint density at radius 2 is 2.14 bits per heavy atom. The van der Waals surface area contributed by atoms with Crippen LogP contribution < -0.4 is 5.76 Å². The Balaban J connectivity index is 2.24. The molecule has 0 unspecified atom stereocenters. The standard InChI is InChI=1S/C14H13ClN2O3S/c1-3-19-14(10-4-6-11(15)7-5-10)12-16-20-13(18)17(12)9(2)8-21-14/h4-8H,3H2,1-2H3/t14-/m0/s1. The number of hydrogen-bond donors (Lipinski definition) is 0. The van der Waals surface area contributed by atoms with Crippen LogP contribution in [0.2, 0.25) is 5.02 Å². The van der Waals surface area contributed by atoms with Crippen molar-refractivity contribution < 1.29 is 9.26 Å². The molecule has 21 heavy (non-hydrogen) atoms. The van der Waals surface area contributed by atoms with Crippen LogP contribution in [0.15, 0.2) is 39.0 Å². The van der Waals surface area contributed by atoms with E-state index in [9.17, 15) is 4.79 Å². The van der Waals surface area contributed by atoms with Crippen LogP contribution in [0.3, 0.4) is 0 Å². The van der Waals surface area contributed by atoms with E-state index in [0.29, 0.717) is 17.5 Å². The van der Waals surface area contributed by atoms with Gasteiger partial charge >= 0.3 is 5.76 Å². The minimum atomic E-state index is -0.912. The lowest BCUT2D eigenvalue weighted by atomic mass is 10.1. The van der Waals surface area contributed by atoms with Gasteiger partial charge in [0.25, 0.3) is 0 Å². The average molecular weight is 325 g/mol. The summed E-state index contributed by atoms with van der Waals surface area (Å²) in [5.74, 6) is -0.0845. The van der Waals surface area contributed by atoms with Crippen LogP contribution in [0.25, 0.3) is 5.70 Å². The number of fused-ring (bicyclic) bond motifs is 1. The predicted octanol–water partition coefficient (Wildman–Crippen LogP) is 3.29. The summed E-state index contributed by atoms with van der Waals surface area (Å²) in [6.45, 7) is 4.18. The molecule has 3 rings (SSSR count). The first-order chi connectivity index (χ1) is 10.1. The molecule has 0 N–H and O–H groups in total. The zero-order chi connectivity index (χ0) is 15.0. The summed E-state index contributed by atoms with van der Waals surface area (Å²) < 4.78 is 12.2. The summed E-state index contributed by atoms with van der Waals surface area (Å²) in [5.41, 5.74) is 1.61. The van der Waals surface area contributed by atoms with Gasteiger partial charge in [0.05, 0.1) is 0 Å². The number of aromatic nitrogens is 2. The molecule has 2 aromatic rings. The molecule has 1 atom stereocenters. The molecule has 1 aliphatic heterocycles. The monoisotopic (exact) mass is 324 g/mol. The molecule has 0 fully saturated rings.